The molecular formula is C24H29N3O4S2. The molecule has 176 valence electrons. The summed E-state index contributed by atoms with van der Waals surface area (Å²) in [4.78, 5) is 18.1. The predicted molar refractivity (Wildman–Crippen MR) is 130 cm³/mol. The van der Waals surface area contributed by atoms with Crippen molar-refractivity contribution in [2.75, 3.05) is 13.7 Å². The standard InChI is InChI=1S/C24H29N3O4S2/c1-4-18-9-6-7-16-27(18)33(29,30)19-14-12-17(13-15-19)23(28)25-24-26(5-2)22-20(31-3)10-8-11-21(22)32-24/h8,10-15,18H,4-7,9,16H2,1-3H3. The molecule has 0 N–H and O–H groups in total. The molecule has 33 heavy (non-hydrogen) atoms. The summed E-state index contributed by atoms with van der Waals surface area (Å²) >= 11 is 1.42. The van der Waals surface area contributed by atoms with E-state index in [1.165, 1.54) is 23.5 Å². The van der Waals surface area contributed by atoms with E-state index < -0.39 is 15.9 Å². The van der Waals surface area contributed by atoms with Gasteiger partial charge in [-0.15, -0.1) is 0 Å². The number of aryl methyl sites for hydroxylation is 1. The second-order valence-corrected chi connectivity index (χ2v) is 11.0. The fourth-order valence-electron chi connectivity index (χ4n) is 4.40. The van der Waals surface area contributed by atoms with E-state index in [-0.39, 0.29) is 10.9 Å². The number of amides is 1. The highest BCUT2D eigenvalue weighted by Crippen LogP contribution is 2.28. The fourth-order valence-corrected chi connectivity index (χ4v) is 7.27. The number of ether oxygens (including phenoxy) is 1. The summed E-state index contributed by atoms with van der Waals surface area (Å²) < 4.78 is 36.4. The lowest BCUT2D eigenvalue weighted by molar-refractivity contribution is 0.0997. The first kappa shape index (κ1) is 23.7. The van der Waals surface area contributed by atoms with E-state index in [2.05, 4.69) is 4.99 Å². The van der Waals surface area contributed by atoms with Crippen molar-refractivity contribution in [3.05, 3.63) is 52.8 Å². The summed E-state index contributed by atoms with van der Waals surface area (Å²) in [5.74, 6) is 0.327. The number of piperidine rings is 1. The van der Waals surface area contributed by atoms with Crippen molar-refractivity contribution in [1.82, 2.24) is 8.87 Å². The number of para-hydroxylation sites is 1. The highest BCUT2D eigenvalue weighted by Gasteiger charge is 2.32. The van der Waals surface area contributed by atoms with E-state index in [0.29, 0.717) is 23.5 Å². The van der Waals surface area contributed by atoms with Crippen molar-refractivity contribution in [2.45, 2.75) is 57.0 Å². The van der Waals surface area contributed by atoms with E-state index in [1.54, 1.807) is 23.5 Å². The summed E-state index contributed by atoms with van der Waals surface area (Å²) in [5, 5.41) is 0. The summed E-state index contributed by atoms with van der Waals surface area (Å²) in [6.45, 7) is 5.20. The van der Waals surface area contributed by atoms with Gasteiger partial charge < -0.3 is 9.30 Å². The molecule has 0 radical (unpaired) electrons. The molecule has 0 spiro atoms. The number of hydrogen-bond donors (Lipinski definition) is 0. The van der Waals surface area contributed by atoms with Crippen molar-refractivity contribution in [2.24, 2.45) is 4.99 Å². The Morgan fingerprint density at radius 3 is 2.58 bits per heavy atom. The molecule has 9 heteroatoms. The lowest BCUT2D eigenvalue weighted by Crippen LogP contribution is -2.43. The third kappa shape index (κ3) is 4.49. The van der Waals surface area contributed by atoms with Crippen LogP contribution in [0.1, 0.15) is 49.9 Å². The van der Waals surface area contributed by atoms with E-state index in [0.717, 1.165) is 41.6 Å². The molecule has 1 aliphatic rings. The zero-order valence-corrected chi connectivity index (χ0v) is 20.8. The van der Waals surface area contributed by atoms with Crippen LogP contribution in [0.4, 0.5) is 0 Å². The van der Waals surface area contributed by atoms with E-state index >= 15 is 0 Å². The molecule has 0 aliphatic carbocycles. The molecule has 1 aromatic heterocycles. The van der Waals surface area contributed by atoms with Crippen LogP contribution in [0.25, 0.3) is 10.2 Å². The maximum Gasteiger partial charge on any atom is 0.279 e. The van der Waals surface area contributed by atoms with Gasteiger partial charge in [-0.3, -0.25) is 4.79 Å². The van der Waals surface area contributed by atoms with Crippen molar-refractivity contribution in [3.63, 3.8) is 0 Å². The zero-order valence-electron chi connectivity index (χ0n) is 19.2. The molecule has 4 rings (SSSR count). The number of fused-ring (bicyclic) bond motifs is 1. The van der Waals surface area contributed by atoms with Gasteiger partial charge in [-0.05, 0) is 62.6 Å². The van der Waals surface area contributed by atoms with Crippen LogP contribution < -0.4 is 9.54 Å². The van der Waals surface area contributed by atoms with Gasteiger partial charge in [0.25, 0.3) is 5.91 Å². The first-order valence-corrected chi connectivity index (χ1v) is 13.5. The van der Waals surface area contributed by atoms with Crippen LogP contribution in [-0.4, -0.2) is 42.9 Å². The Morgan fingerprint density at radius 2 is 1.91 bits per heavy atom. The van der Waals surface area contributed by atoms with Gasteiger partial charge in [0.1, 0.15) is 11.3 Å². The van der Waals surface area contributed by atoms with Gasteiger partial charge in [0.15, 0.2) is 4.80 Å². The van der Waals surface area contributed by atoms with Crippen molar-refractivity contribution in [3.8, 4) is 5.75 Å². The molecule has 2 aromatic carbocycles. The van der Waals surface area contributed by atoms with Crippen molar-refractivity contribution < 1.29 is 17.9 Å². The zero-order chi connectivity index (χ0) is 23.6. The molecule has 1 unspecified atom stereocenters. The van der Waals surface area contributed by atoms with Gasteiger partial charge in [-0.25, -0.2) is 8.42 Å². The first-order chi connectivity index (χ1) is 15.9. The number of hydrogen-bond acceptors (Lipinski definition) is 5. The number of carbonyl (C=O) groups excluding carboxylic acids is 1. The average Bonchev–Trinajstić information content (AvgIpc) is 3.21. The second-order valence-electron chi connectivity index (χ2n) is 8.05. The molecule has 0 bridgehead atoms. The quantitative estimate of drug-likeness (QED) is 0.515. The number of methoxy groups -OCH3 is 1. The third-order valence-corrected chi connectivity index (χ3v) is 9.16. The minimum atomic E-state index is -3.58. The van der Waals surface area contributed by atoms with Crippen LogP contribution in [0.3, 0.4) is 0 Å². The lowest BCUT2D eigenvalue weighted by Gasteiger charge is -2.34. The van der Waals surface area contributed by atoms with Gasteiger partial charge in [0, 0.05) is 24.7 Å². The summed E-state index contributed by atoms with van der Waals surface area (Å²) in [6.07, 6.45) is 3.62. The lowest BCUT2D eigenvalue weighted by atomic mass is 10.0. The number of aromatic nitrogens is 1. The van der Waals surface area contributed by atoms with Crippen molar-refractivity contribution in [1.29, 1.82) is 0 Å². The molecule has 7 nitrogen and oxygen atoms in total. The van der Waals surface area contributed by atoms with E-state index in [9.17, 15) is 13.2 Å². The van der Waals surface area contributed by atoms with Crippen LogP contribution in [-0.2, 0) is 16.6 Å². The second kappa shape index (κ2) is 9.79. The van der Waals surface area contributed by atoms with Crippen LogP contribution in [0.2, 0.25) is 0 Å². The molecular weight excluding hydrogens is 458 g/mol. The minimum absolute atomic E-state index is 0.0366. The summed E-state index contributed by atoms with van der Waals surface area (Å²) in [5.41, 5.74) is 1.26. The first-order valence-electron chi connectivity index (χ1n) is 11.3. The topological polar surface area (TPSA) is 81.0 Å². The van der Waals surface area contributed by atoms with E-state index in [1.807, 2.05) is 36.6 Å². The van der Waals surface area contributed by atoms with Crippen LogP contribution in [0.15, 0.2) is 52.4 Å². The Bertz CT molecular complexity index is 1320. The summed E-state index contributed by atoms with van der Waals surface area (Å²) in [6, 6.07) is 11.9. The maximum atomic E-state index is 13.2. The monoisotopic (exact) mass is 487 g/mol. The van der Waals surface area contributed by atoms with Crippen LogP contribution in [0, 0.1) is 0 Å². The number of nitrogens with zero attached hydrogens (tertiary/aromatic N) is 3. The van der Waals surface area contributed by atoms with Gasteiger partial charge in [0.05, 0.1) is 16.7 Å². The van der Waals surface area contributed by atoms with Gasteiger partial charge in [-0.1, -0.05) is 30.7 Å². The Hall–Kier alpha value is -2.49. The Morgan fingerprint density at radius 1 is 1.15 bits per heavy atom. The largest absolute Gasteiger partial charge is 0.495 e. The molecule has 1 amide bonds. The van der Waals surface area contributed by atoms with E-state index in [4.69, 9.17) is 4.74 Å². The van der Waals surface area contributed by atoms with Crippen LogP contribution in [0.5, 0.6) is 5.75 Å². The Balaban J connectivity index is 1.65. The molecule has 1 saturated heterocycles. The number of sulfonamides is 1. The molecule has 1 atom stereocenters. The van der Waals surface area contributed by atoms with Gasteiger partial charge in [-0.2, -0.15) is 9.30 Å². The molecule has 1 aliphatic heterocycles. The number of rotatable bonds is 6. The molecule has 3 aromatic rings. The highest BCUT2D eigenvalue weighted by molar-refractivity contribution is 7.89. The average molecular weight is 488 g/mol. The predicted octanol–water partition coefficient (Wildman–Crippen LogP) is 4.43. The fraction of sp³-hybridized carbons (Fsp3) is 0.417. The number of carbonyl (C=O) groups is 1. The summed E-state index contributed by atoms with van der Waals surface area (Å²) in [7, 11) is -1.96. The van der Waals surface area contributed by atoms with Gasteiger partial charge in [0.2, 0.25) is 10.0 Å². The number of benzene rings is 2. The Kier molecular flexibility index (Phi) is 7.02. The molecule has 0 saturated carbocycles. The molecule has 2 heterocycles. The maximum absolute atomic E-state index is 13.2. The smallest absolute Gasteiger partial charge is 0.279 e. The normalized spacial score (nSPS) is 18.0. The minimum Gasteiger partial charge on any atom is -0.495 e. The SMILES string of the molecule is CCC1CCCCN1S(=O)(=O)c1ccc(C(=O)N=c2sc3cccc(OC)c3n2CC)cc1. The van der Waals surface area contributed by atoms with Crippen LogP contribution >= 0.6 is 11.3 Å². The third-order valence-electron chi connectivity index (χ3n) is 6.15. The highest BCUT2D eigenvalue weighted by atomic mass is 32.2. The Labute approximate surface area is 198 Å². The van der Waals surface area contributed by atoms with Crippen molar-refractivity contribution >= 4 is 37.5 Å². The van der Waals surface area contributed by atoms with Gasteiger partial charge >= 0.3 is 0 Å². The number of thiazole rings is 1. The molecule has 1 fully saturated rings.